The number of aromatic nitrogens is 4. The van der Waals surface area contributed by atoms with Crippen molar-refractivity contribution in [3.63, 3.8) is 0 Å². The first-order valence-electron chi connectivity index (χ1n) is 11.0. The molecule has 0 fully saturated rings. The van der Waals surface area contributed by atoms with Gasteiger partial charge in [-0.3, -0.25) is 4.98 Å². The molecule has 0 saturated carbocycles. The quantitative estimate of drug-likeness (QED) is 0.485. The van der Waals surface area contributed by atoms with E-state index in [1.807, 2.05) is 41.2 Å². The molecule has 8 heteroatoms. The number of aryl methyl sites for hydroxylation is 1. The Morgan fingerprint density at radius 1 is 1.00 bits per heavy atom. The van der Waals surface area contributed by atoms with Crippen LogP contribution in [0, 0.1) is 6.92 Å². The van der Waals surface area contributed by atoms with Gasteiger partial charge in [-0.25, -0.2) is 4.68 Å². The van der Waals surface area contributed by atoms with Gasteiger partial charge in [0.25, 0.3) is 0 Å². The summed E-state index contributed by atoms with van der Waals surface area (Å²) >= 11 is 0. The van der Waals surface area contributed by atoms with Gasteiger partial charge < -0.3 is 19.5 Å². The highest BCUT2D eigenvalue weighted by Gasteiger charge is 2.41. The van der Waals surface area contributed by atoms with Crippen LogP contribution in [0.15, 0.2) is 72.8 Å². The number of rotatable bonds is 4. The van der Waals surface area contributed by atoms with E-state index in [0.717, 1.165) is 39.3 Å². The van der Waals surface area contributed by atoms with Gasteiger partial charge in [0.15, 0.2) is 11.5 Å². The van der Waals surface area contributed by atoms with Crippen molar-refractivity contribution in [2.75, 3.05) is 19.5 Å². The number of nitrogens with zero attached hydrogens (tertiary/aromatic N) is 4. The summed E-state index contributed by atoms with van der Waals surface area (Å²) < 4.78 is 19.6. The average Bonchev–Trinajstić information content (AvgIpc) is 3.35. The second-order valence-electron chi connectivity index (χ2n) is 8.28. The molecule has 0 radical (unpaired) electrons. The molecule has 2 aliphatic heterocycles. The predicted molar refractivity (Wildman–Crippen MR) is 127 cm³/mol. The van der Waals surface area contributed by atoms with Crippen molar-refractivity contribution in [3.05, 3.63) is 95.1 Å². The maximum atomic E-state index is 6.68. The number of hydrogen-bond acceptors (Lipinski definition) is 7. The standard InChI is InChI=1S/C26H23N5O3/c1-15-6-8-19-18(11-15)23-22(25(34-19)16-7-9-20(32-2)21(12-16)33-3)24(17-5-4-10-27-13-17)31-26(30-23)28-14-29-31/h4-14,24-25H,1-3H3,(H,28,29,30). The molecular weight excluding hydrogens is 430 g/mol. The predicted octanol–water partition coefficient (Wildman–Crippen LogP) is 4.56. The van der Waals surface area contributed by atoms with E-state index < -0.39 is 6.10 Å². The van der Waals surface area contributed by atoms with Gasteiger partial charge in [-0.2, -0.15) is 10.1 Å². The first-order chi connectivity index (χ1) is 16.7. The van der Waals surface area contributed by atoms with Gasteiger partial charge in [0.1, 0.15) is 24.2 Å². The molecule has 170 valence electrons. The lowest BCUT2D eigenvalue weighted by molar-refractivity contribution is 0.222. The fourth-order valence-electron chi connectivity index (χ4n) is 4.73. The number of fused-ring (bicyclic) bond motifs is 3. The second-order valence-corrected chi connectivity index (χ2v) is 8.28. The molecule has 4 aromatic rings. The normalized spacial score (nSPS) is 18.2. The first kappa shape index (κ1) is 20.3. The van der Waals surface area contributed by atoms with Crippen LogP contribution in [-0.2, 0) is 0 Å². The van der Waals surface area contributed by atoms with Crippen LogP contribution in [0.25, 0.3) is 5.70 Å². The van der Waals surface area contributed by atoms with Crippen LogP contribution in [0.5, 0.6) is 17.2 Å². The van der Waals surface area contributed by atoms with Crippen LogP contribution in [0.4, 0.5) is 5.95 Å². The molecule has 0 spiro atoms. The number of benzene rings is 2. The van der Waals surface area contributed by atoms with Gasteiger partial charge in [0.05, 0.1) is 19.9 Å². The van der Waals surface area contributed by atoms with Crippen LogP contribution in [0.2, 0.25) is 0 Å². The molecule has 4 heterocycles. The lowest BCUT2D eigenvalue weighted by Crippen LogP contribution is -2.32. The van der Waals surface area contributed by atoms with Crippen molar-refractivity contribution in [1.29, 1.82) is 0 Å². The Balaban J connectivity index is 1.62. The first-order valence-corrected chi connectivity index (χ1v) is 11.0. The van der Waals surface area contributed by atoms with E-state index in [1.54, 1.807) is 26.7 Å². The fourth-order valence-corrected chi connectivity index (χ4v) is 4.73. The van der Waals surface area contributed by atoms with Crippen molar-refractivity contribution in [3.8, 4) is 17.2 Å². The number of nitrogens with one attached hydrogen (secondary N) is 1. The highest BCUT2D eigenvalue weighted by Crippen LogP contribution is 2.51. The molecule has 0 aliphatic carbocycles. The van der Waals surface area contributed by atoms with Gasteiger partial charge in [-0.15, -0.1) is 0 Å². The molecule has 6 rings (SSSR count). The molecular formula is C26H23N5O3. The largest absolute Gasteiger partial charge is 0.493 e. The lowest BCUT2D eigenvalue weighted by Gasteiger charge is -2.39. The molecule has 0 saturated heterocycles. The lowest BCUT2D eigenvalue weighted by atomic mass is 9.84. The Morgan fingerprint density at radius 2 is 1.88 bits per heavy atom. The van der Waals surface area contributed by atoms with Gasteiger partial charge in [-0.1, -0.05) is 23.8 Å². The molecule has 2 atom stereocenters. The summed E-state index contributed by atoms with van der Waals surface area (Å²) in [5, 5.41) is 8.07. The number of ether oxygens (including phenoxy) is 3. The Bertz CT molecular complexity index is 1410. The third-order valence-corrected chi connectivity index (χ3v) is 6.28. The number of hydrogen-bond donors (Lipinski definition) is 1. The molecule has 0 amide bonds. The summed E-state index contributed by atoms with van der Waals surface area (Å²) in [4.78, 5) is 8.85. The monoisotopic (exact) mass is 453 g/mol. The number of methoxy groups -OCH3 is 2. The number of pyridine rings is 1. The van der Waals surface area contributed by atoms with Crippen molar-refractivity contribution in [2.24, 2.45) is 0 Å². The van der Waals surface area contributed by atoms with E-state index in [0.29, 0.717) is 17.4 Å². The average molecular weight is 454 g/mol. The van der Waals surface area contributed by atoms with E-state index in [4.69, 9.17) is 14.2 Å². The van der Waals surface area contributed by atoms with Gasteiger partial charge in [-0.05, 0) is 42.8 Å². The molecule has 34 heavy (non-hydrogen) atoms. The van der Waals surface area contributed by atoms with E-state index in [9.17, 15) is 0 Å². The Labute approximate surface area is 196 Å². The van der Waals surface area contributed by atoms with Crippen LogP contribution in [0.1, 0.15) is 34.4 Å². The summed E-state index contributed by atoms with van der Waals surface area (Å²) in [7, 11) is 3.26. The summed E-state index contributed by atoms with van der Waals surface area (Å²) in [6.07, 6.45) is 4.79. The summed E-state index contributed by atoms with van der Waals surface area (Å²) in [5.74, 6) is 2.78. The Morgan fingerprint density at radius 3 is 2.68 bits per heavy atom. The summed E-state index contributed by atoms with van der Waals surface area (Å²) in [5.41, 5.74) is 6.07. The number of anilines is 1. The molecule has 2 aromatic carbocycles. The van der Waals surface area contributed by atoms with E-state index >= 15 is 0 Å². The molecule has 0 bridgehead atoms. The maximum absolute atomic E-state index is 6.68. The molecule has 1 N–H and O–H groups in total. The molecule has 2 aliphatic rings. The van der Waals surface area contributed by atoms with Gasteiger partial charge >= 0.3 is 0 Å². The zero-order valence-corrected chi connectivity index (χ0v) is 19.0. The Hall–Kier alpha value is -4.33. The van der Waals surface area contributed by atoms with Gasteiger partial charge in [0, 0.05) is 29.1 Å². The summed E-state index contributed by atoms with van der Waals surface area (Å²) in [6.45, 7) is 2.07. The minimum Gasteiger partial charge on any atom is -0.493 e. The SMILES string of the molecule is COc1ccc(C2Oc3ccc(C)cc3C3=C2C(c2cccnc2)n2ncnc2N3)cc1OC. The third-order valence-electron chi connectivity index (χ3n) is 6.28. The minimum atomic E-state index is -0.403. The highest BCUT2D eigenvalue weighted by molar-refractivity contribution is 5.85. The smallest absolute Gasteiger partial charge is 0.226 e. The maximum Gasteiger partial charge on any atom is 0.226 e. The van der Waals surface area contributed by atoms with Gasteiger partial charge in [0.2, 0.25) is 5.95 Å². The molecule has 8 nitrogen and oxygen atoms in total. The van der Waals surface area contributed by atoms with E-state index in [-0.39, 0.29) is 6.04 Å². The van der Waals surface area contributed by atoms with E-state index in [2.05, 4.69) is 45.5 Å². The second kappa shape index (κ2) is 7.91. The highest BCUT2D eigenvalue weighted by atomic mass is 16.5. The van der Waals surface area contributed by atoms with E-state index in [1.165, 1.54) is 0 Å². The van der Waals surface area contributed by atoms with Crippen molar-refractivity contribution in [2.45, 2.75) is 19.1 Å². The van der Waals surface area contributed by atoms with Crippen molar-refractivity contribution in [1.82, 2.24) is 19.7 Å². The van der Waals surface area contributed by atoms with Crippen LogP contribution < -0.4 is 19.5 Å². The van der Waals surface area contributed by atoms with Crippen LogP contribution >= 0.6 is 0 Å². The van der Waals surface area contributed by atoms with Crippen molar-refractivity contribution >= 4 is 11.6 Å². The fraction of sp³-hybridized carbons (Fsp3) is 0.192. The van der Waals surface area contributed by atoms with Crippen LogP contribution in [-0.4, -0.2) is 34.0 Å². The summed E-state index contributed by atoms with van der Waals surface area (Å²) in [6, 6.07) is 15.8. The zero-order valence-electron chi connectivity index (χ0n) is 19.0. The Kier molecular flexibility index (Phi) is 4.72. The third kappa shape index (κ3) is 3.10. The molecule has 2 aromatic heterocycles. The van der Waals surface area contributed by atoms with Crippen molar-refractivity contribution < 1.29 is 14.2 Å². The topological polar surface area (TPSA) is 83.3 Å². The minimum absolute atomic E-state index is 0.255. The van der Waals surface area contributed by atoms with Crippen LogP contribution in [0.3, 0.4) is 0 Å². The molecule has 2 unspecified atom stereocenters. The zero-order chi connectivity index (χ0) is 23.2.